The van der Waals surface area contributed by atoms with Gasteiger partial charge in [0.05, 0.1) is 18.1 Å². The van der Waals surface area contributed by atoms with Crippen molar-refractivity contribution in [2.24, 2.45) is 0 Å². The predicted molar refractivity (Wildman–Crippen MR) is 122 cm³/mol. The fourth-order valence-corrected chi connectivity index (χ4v) is 3.69. The Bertz CT molecular complexity index is 1090. The lowest BCUT2D eigenvalue weighted by atomic mass is 10.2. The molecule has 0 saturated heterocycles. The highest BCUT2D eigenvalue weighted by Gasteiger charge is 2.06. The van der Waals surface area contributed by atoms with Crippen molar-refractivity contribution in [3.63, 3.8) is 0 Å². The van der Waals surface area contributed by atoms with Crippen LogP contribution in [0.25, 0.3) is 21.8 Å². The van der Waals surface area contributed by atoms with E-state index in [1.807, 2.05) is 48.5 Å². The van der Waals surface area contributed by atoms with Gasteiger partial charge in [-0.15, -0.1) is 0 Å². The van der Waals surface area contributed by atoms with Crippen LogP contribution >= 0.6 is 55.1 Å². The molecule has 0 saturated carbocycles. The highest BCUT2D eigenvalue weighted by molar-refractivity contribution is 9.11. The smallest absolute Gasteiger partial charge is 0.171 e. The normalized spacial score (nSPS) is 10.1. The van der Waals surface area contributed by atoms with Crippen LogP contribution in [0, 0.1) is 0 Å². The minimum atomic E-state index is 0. The average molecular weight is 531 g/mol. The lowest BCUT2D eigenvalue weighted by Crippen LogP contribution is -1.88. The SMILES string of the molecule is C.COc1cc2c(Br)cccc2nc1Cl.Clc1ccc2c(Br)cccc2n1. The van der Waals surface area contributed by atoms with Crippen LogP contribution in [0.3, 0.4) is 0 Å². The van der Waals surface area contributed by atoms with Crippen molar-refractivity contribution in [2.75, 3.05) is 7.11 Å². The van der Waals surface area contributed by atoms with Gasteiger partial charge in [0, 0.05) is 19.7 Å². The summed E-state index contributed by atoms with van der Waals surface area (Å²) in [5.74, 6) is 0.589. The van der Waals surface area contributed by atoms with Gasteiger partial charge < -0.3 is 4.74 Å². The third-order valence-electron chi connectivity index (χ3n) is 3.59. The number of rotatable bonds is 1. The maximum absolute atomic E-state index is 5.90. The predicted octanol–water partition coefficient (Wildman–Crippen LogP) is 7.95. The first-order valence-electron chi connectivity index (χ1n) is 7.49. The summed E-state index contributed by atoms with van der Waals surface area (Å²) in [6, 6.07) is 17.3. The first-order valence-corrected chi connectivity index (χ1v) is 9.83. The number of nitrogens with zero attached hydrogens (tertiary/aromatic N) is 2. The third kappa shape index (κ3) is 5.11. The molecule has 0 aliphatic heterocycles. The molecule has 27 heavy (non-hydrogen) atoms. The number of hydrogen-bond acceptors (Lipinski definition) is 3. The molecule has 0 spiro atoms. The number of ether oxygens (including phenoxy) is 1. The van der Waals surface area contributed by atoms with Gasteiger partial charge in [-0.1, -0.05) is 74.6 Å². The molecule has 0 bridgehead atoms. The summed E-state index contributed by atoms with van der Waals surface area (Å²) in [6.07, 6.45) is 0. The monoisotopic (exact) mass is 528 g/mol. The molecular formula is C20H16Br2Cl2N2O. The van der Waals surface area contributed by atoms with E-state index in [4.69, 9.17) is 27.9 Å². The van der Waals surface area contributed by atoms with E-state index in [9.17, 15) is 0 Å². The van der Waals surface area contributed by atoms with Gasteiger partial charge >= 0.3 is 0 Å². The summed E-state index contributed by atoms with van der Waals surface area (Å²) in [5, 5.41) is 2.99. The van der Waals surface area contributed by atoms with Crippen molar-refractivity contribution < 1.29 is 4.74 Å². The molecule has 2 aromatic carbocycles. The van der Waals surface area contributed by atoms with Crippen LogP contribution in [-0.4, -0.2) is 17.1 Å². The van der Waals surface area contributed by atoms with E-state index in [0.717, 1.165) is 30.8 Å². The van der Waals surface area contributed by atoms with Gasteiger partial charge in [-0.25, -0.2) is 9.97 Å². The van der Waals surface area contributed by atoms with Gasteiger partial charge in [-0.05, 0) is 42.5 Å². The molecule has 0 radical (unpaired) electrons. The quantitative estimate of drug-likeness (QED) is 0.234. The van der Waals surface area contributed by atoms with Crippen molar-refractivity contribution in [2.45, 2.75) is 7.43 Å². The first kappa shape index (κ1) is 21.9. The van der Waals surface area contributed by atoms with E-state index in [-0.39, 0.29) is 7.43 Å². The molecule has 0 atom stereocenters. The second kappa shape index (κ2) is 9.69. The van der Waals surface area contributed by atoms with E-state index in [1.54, 1.807) is 13.2 Å². The molecule has 4 aromatic rings. The summed E-state index contributed by atoms with van der Waals surface area (Å²) in [6.45, 7) is 0. The molecule has 2 heterocycles. The zero-order valence-corrected chi connectivity index (χ0v) is 18.2. The van der Waals surface area contributed by atoms with E-state index >= 15 is 0 Å². The van der Waals surface area contributed by atoms with Gasteiger partial charge in [0.25, 0.3) is 0 Å². The summed E-state index contributed by atoms with van der Waals surface area (Å²) in [4.78, 5) is 8.39. The third-order valence-corrected chi connectivity index (χ3v) is 5.46. The fraction of sp³-hybridized carbons (Fsp3) is 0.100. The minimum absolute atomic E-state index is 0. The number of benzene rings is 2. The number of aromatic nitrogens is 2. The van der Waals surface area contributed by atoms with Crippen LogP contribution < -0.4 is 4.74 Å². The van der Waals surface area contributed by atoms with Crippen molar-refractivity contribution in [1.29, 1.82) is 0 Å². The van der Waals surface area contributed by atoms with Crippen LogP contribution in [0.5, 0.6) is 5.75 Å². The Labute approximate surface area is 184 Å². The Balaban J connectivity index is 0.000000189. The Hall–Kier alpha value is -1.40. The highest BCUT2D eigenvalue weighted by atomic mass is 79.9. The van der Waals surface area contributed by atoms with Crippen molar-refractivity contribution in [3.8, 4) is 5.75 Å². The largest absolute Gasteiger partial charge is 0.494 e. The Kier molecular flexibility index (Phi) is 7.86. The van der Waals surface area contributed by atoms with Crippen molar-refractivity contribution in [1.82, 2.24) is 9.97 Å². The van der Waals surface area contributed by atoms with Crippen LogP contribution in [0.1, 0.15) is 7.43 Å². The minimum Gasteiger partial charge on any atom is -0.494 e. The maximum atomic E-state index is 5.90. The van der Waals surface area contributed by atoms with Gasteiger partial charge in [-0.3, -0.25) is 0 Å². The van der Waals surface area contributed by atoms with Crippen molar-refractivity contribution >= 4 is 76.9 Å². The van der Waals surface area contributed by atoms with Crippen LogP contribution in [0.4, 0.5) is 0 Å². The van der Waals surface area contributed by atoms with Gasteiger partial charge in [-0.2, -0.15) is 0 Å². The second-order valence-electron chi connectivity index (χ2n) is 5.23. The van der Waals surface area contributed by atoms with Gasteiger partial charge in [0.2, 0.25) is 0 Å². The Morgan fingerprint density at radius 2 is 1.41 bits per heavy atom. The molecule has 0 aliphatic rings. The van der Waals surface area contributed by atoms with E-state index in [1.165, 1.54) is 0 Å². The topological polar surface area (TPSA) is 35.0 Å². The first-order chi connectivity index (χ1) is 12.5. The summed E-state index contributed by atoms with van der Waals surface area (Å²) in [7, 11) is 1.57. The summed E-state index contributed by atoms with van der Waals surface area (Å²) in [5.41, 5.74) is 1.77. The van der Waals surface area contributed by atoms with Crippen molar-refractivity contribution in [3.05, 3.63) is 73.8 Å². The maximum Gasteiger partial charge on any atom is 0.171 e. The number of halogens is 4. The molecule has 3 nitrogen and oxygen atoms in total. The van der Waals surface area contributed by atoms with Crippen LogP contribution in [-0.2, 0) is 0 Å². The summed E-state index contributed by atoms with van der Waals surface area (Å²) >= 11 is 18.5. The molecule has 4 rings (SSSR count). The van der Waals surface area contributed by atoms with Gasteiger partial charge in [0.15, 0.2) is 10.9 Å². The molecule has 0 unspecified atom stereocenters. The molecule has 0 amide bonds. The number of hydrogen-bond donors (Lipinski definition) is 0. The van der Waals surface area contributed by atoms with E-state index in [2.05, 4.69) is 41.8 Å². The fourth-order valence-electron chi connectivity index (χ4n) is 2.35. The van der Waals surface area contributed by atoms with Crippen LogP contribution in [0.2, 0.25) is 10.3 Å². The zero-order valence-electron chi connectivity index (χ0n) is 13.5. The number of fused-ring (bicyclic) bond motifs is 2. The highest BCUT2D eigenvalue weighted by Crippen LogP contribution is 2.30. The zero-order chi connectivity index (χ0) is 18.7. The number of pyridine rings is 2. The average Bonchev–Trinajstić information content (AvgIpc) is 2.62. The summed E-state index contributed by atoms with van der Waals surface area (Å²) < 4.78 is 7.12. The lowest BCUT2D eigenvalue weighted by molar-refractivity contribution is 0.414. The van der Waals surface area contributed by atoms with E-state index < -0.39 is 0 Å². The molecule has 0 fully saturated rings. The lowest BCUT2D eigenvalue weighted by Gasteiger charge is -2.05. The second-order valence-corrected chi connectivity index (χ2v) is 7.68. The number of methoxy groups -OCH3 is 1. The molecule has 7 heteroatoms. The molecule has 140 valence electrons. The van der Waals surface area contributed by atoms with Crippen LogP contribution in [0.15, 0.2) is 63.5 Å². The molecule has 2 aromatic heterocycles. The molecule has 0 aliphatic carbocycles. The van der Waals surface area contributed by atoms with Gasteiger partial charge in [0.1, 0.15) is 5.15 Å². The Morgan fingerprint density at radius 3 is 2.04 bits per heavy atom. The van der Waals surface area contributed by atoms with E-state index in [0.29, 0.717) is 16.1 Å². The standard InChI is InChI=1S/C10H7BrClNO.C9H5BrClN.CH4/c1-14-9-5-6-7(11)3-2-4-8(6)13-10(9)12;10-7-2-1-3-8-6(7)4-5-9(11)12-8;/h2-5H,1H3;1-5H;1H4. The molecular weight excluding hydrogens is 515 g/mol. The Morgan fingerprint density at radius 1 is 0.815 bits per heavy atom. The molecule has 0 N–H and O–H groups in total.